The lowest BCUT2D eigenvalue weighted by Gasteiger charge is -2.07. The average Bonchev–Trinajstić information content (AvgIpc) is 2.64. The van der Waals surface area contributed by atoms with Crippen LogP contribution in [-0.4, -0.2) is 21.5 Å². The number of aryl methyl sites for hydroxylation is 1. The molecular formula is C20H17BrN2O2S. The minimum Gasteiger partial charge on any atom is -0.301 e. The highest BCUT2D eigenvalue weighted by Gasteiger charge is 2.12. The van der Waals surface area contributed by atoms with E-state index in [0.717, 1.165) is 10.0 Å². The van der Waals surface area contributed by atoms with Gasteiger partial charge in [-0.2, -0.15) is 0 Å². The number of hydrogen-bond acceptors (Lipinski definition) is 4. The molecule has 0 aliphatic heterocycles. The summed E-state index contributed by atoms with van der Waals surface area (Å²) < 4.78 is 0.928. The quantitative estimate of drug-likeness (QED) is 0.358. The van der Waals surface area contributed by atoms with E-state index in [1.165, 1.54) is 11.8 Å². The fourth-order valence-corrected chi connectivity index (χ4v) is 3.58. The second-order valence-electron chi connectivity index (χ2n) is 5.82. The topological polar surface area (TPSA) is 62.8 Å². The van der Waals surface area contributed by atoms with Gasteiger partial charge in [-0.15, -0.1) is 0 Å². The largest absolute Gasteiger partial charge is 0.301 e. The molecule has 0 radical (unpaired) electrons. The lowest BCUT2D eigenvalue weighted by atomic mass is 10.1. The smallest absolute Gasteiger partial charge is 0.255 e. The van der Waals surface area contributed by atoms with Crippen molar-refractivity contribution in [1.29, 1.82) is 0 Å². The molecule has 6 heteroatoms. The Hall–Kier alpha value is -2.18. The first-order chi connectivity index (χ1) is 12.5. The Labute approximate surface area is 164 Å². The molecule has 132 valence electrons. The van der Waals surface area contributed by atoms with Crippen LogP contribution in [-0.2, 0) is 6.42 Å². The number of H-pyrrole nitrogens is 1. The summed E-state index contributed by atoms with van der Waals surface area (Å²) in [5, 5.41) is 0.467. The van der Waals surface area contributed by atoms with Crippen LogP contribution >= 0.6 is 27.7 Å². The van der Waals surface area contributed by atoms with Crippen LogP contribution in [0.2, 0.25) is 0 Å². The summed E-state index contributed by atoms with van der Waals surface area (Å²) in [6, 6.07) is 17.0. The van der Waals surface area contributed by atoms with Crippen LogP contribution < -0.4 is 5.56 Å². The maximum Gasteiger partial charge on any atom is 0.255 e. The molecule has 4 nitrogen and oxygen atoms in total. The second kappa shape index (κ2) is 8.47. The summed E-state index contributed by atoms with van der Waals surface area (Å²) in [7, 11) is 0. The Morgan fingerprint density at radius 1 is 1.12 bits per heavy atom. The van der Waals surface area contributed by atoms with Gasteiger partial charge in [0.25, 0.3) is 5.56 Å². The van der Waals surface area contributed by atoms with Crippen molar-refractivity contribution in [3.8, 4) is 0 Å². The Morgan fingerprint density at radius 3 is 2.46 bits per heavy atom. The molecule has 0 fully saturated rings. The monoisotopic (exact) mass is 428 g/mol. The molecule has 1 heterocycles. The van der Waals surface area contributed by atoms with E-state index in [9.17, 15) is 9.59 Å². The van der Waals surface area contributed by atoms with Crippen molar-refractivity contribution in [3.05, 3.63) is 91.8 Å². The zero-order valence-corrected chi connectivity index (χ0v) is 16.6. The average molecular weight is 429 g/mol. The molecule has 0 unspecified atom stereocenters. The van der Waals surface area contributed by atoms with Crippen molar-refractivity contribution >= 4 is 33.5 Å². The molecule has 0 amide bonds. The number of carbonyl (C=O) groups excluding carboxylic acids is 1. The van der Waals surface area contributed by atoms with Crippen molar-refractivity contribution in [1.82, 2.24) is 9.97 Å². The number of aromatic nitrogens is 2. The number of hydrogen-bond donors (Lipinski definition) is 1. The van der Waals surface area contributed by atoms with Crippen LogP contribution in [0, 0.1) is 6.92 Å². The number of carbonyl (C=O) groups is 1. The first-order valence-electron chi connectivity index (χ1n) is 8.08. The third kappa shape index (κ3) is 4.71. The molecule has 0 saturated carbocycles. The van der Waals surface area contributed by atoms with E-state index in [4.69, 9.17) is 0 Å². The van der Waals surface area contributed by atoms with Crippen molar-refractivity contribution in [2.45, 2.75) is 18.5 Å². The molecule has 0 bridgehead atoms. The van der Waals surface area contributed by atoms with E-state index in [1.54, 1.807) is 12.1 Å². The maximum absolute atomic E-state index is 12.4. The Morgan fingerprint density at radius 2 is 1.81 bits per heavy atom. The number of thioether (sulfide) groups is 1. The van der Waals surface area contributed by atoms with Crippen LogP contribution in [0.1, 0.15) is 27.2 Å². The first-order valence-corrected chi connectivity index (χ1v) is 9.86. The van der Waals surface area contributed by atoms with Crippen LogP contribution in [0.25, 0.3) is 0 Å². The summed E-state index contributed by atoms with van der Waals surface area (Å²) in [6.45, 7) is 1.83. The van der Waals surface area contributed by atoms with Gasteiger partial charge in [-0.05, 0) is 24.6 Å². The highest BCUT2D eigenvalue weighted by Crippen LogP contribution is 2.17. The lowest BCUT2D eigenvalue weighted by Crippen LogP contribution is -2.18. The Kier molecular flexibility index (Phi) is 6.06. The van der Waals surface area contributed by atoms with E-state index < -0.39 is 0 Å². The number of nitrogens with zero attached hydrogens (tertiary/aromatic N) is 1. The fraction of sp³-hybridized carbons (Fsp3) is 0.150. The van der Waals surface area contributed by atoms with Crippen molar-refractivity contribution in [2.24, 2.45) is 0 Å². The van der Waals surface area contributed by atoms with E-state index in [0.29, 0.717) is 28.4 Å². The lowest BCUT2D eigenvalue weighted by molar-refractivity contribution is 0.102. The molecule has 0 aliphatic rings. The van der Waals surface area contributed by atoms with Gasteiger partial charge in [-0.25, -0.2) is 4.98 Å². The Balaban J connectivity index is 1.70. The molecule has 0 aliphatic carbocycles. The molecule has 3 aromatic rings. The van der Waals surface area contributed by atoms with Gasteiger partial charge in [-0.3, -0.25) is 9.59 Å². The molecule has 0 saturated heterocycles. The SMILES string of the molecule is Cc1nc(SCC(=O)c2ccc(Br)cc2)[nH]c(=O)c1Cc1ccccc1. The fourth-order valence-electron chi connectivity index (χ4n) is 2.51. The molecular weight excluding hydrogens is 412 g/mol. The highest BCUT2D eigenvalue weighted by atomic mass is 79.9. The number of Topliss-reactive ketones (excluding diaryl/α,β-unsaturated/α-hetero) is 1. The number of halogens is 1. The number of aromatic amines is 1. The van der Waals surface area contributed by atoms with E-state index in [2.05, 4.69) is 25.9 Å². The predicted octanol–water partition coefficient (Wildman–Crippen LogP) is 4.41. The zero-order valence-electron chi connectivity index (χ0n) is 14.2. The predicted molar refractivity (Wildman–Crippen MR) is 108 cm³/mol. The van der Waals surface area contributed by atoms with Crippen LogP contribution in [0.3, 0.4) is 0 Å². The number of benzene rings is 2. The van der Waals surface area contributed by atoms with Gasteiger partial charge in [0, 0.05) is 27.7 Å². The van der Waals surface area contributed by atoms with Gasteiger partial charge in [-0.1, -0.05) is 70.2 Å². The van der Waals surface area contributed by atoms with Crippen molar-refractivity contribution in [3.63, 3.8) is 0 Å². The van der Waals surface area contributed by atoms with E-state index >= 15 is 0 Å². The number of ketones is 1. The summed E-state index contributed by atoms with van der Waals surface area (Å²) in [6.07, 6.45) is 0.539. The highest BCUT2D eigenvalue weighted by molar-refractivity contribution is 9.10. The van der Waals surface area contributed by atoms with Gasteiger partial charge in [0.15, 0.2) is 10.9 Å². The third-order valence-electron chi connectivity index (χ3n) is 3.93. The normalized spacial score (nSPS) is 10.7. The molecule has 0 atom stereocenters. The van der Waals surface area contributed by atoms with Crippen molar-refractivity contribution < 1.29 is 4.79 Å². The van der Waals surface area contributed by atoms with Gasteiger partial charge < -0.3 is 4.98 Å². The van der Waals surface area contributed by atoms with Crippen LogP contribution in [0.4, 0.5) is 0 Å². The van der Waals surface area contributed by atoms with E-state index in [1.807, 2.05) is 49.4 Å². The zero-order chi connectivity index (χ0) is 18.5. The molecule has 26 heavy (non-hydrogen) atoms. The second-order valence-corrected chi connectivity index (χ2v) is 7.70. The molecule has 3 rings (SSSR count). The van der Waals surface area contributed by atoms with Crippen LogP contribution in [0.5, 0.6) is 0 Å². The van der Waals surface area contributed by atoms with Gasteiger partial charge in [0.2, 0.25) is 0 Å². The first kappa shape index (κ1) is 18.6. The summed E-state index contributed by atoms with van der Waals surface area (Å²) in [4.78, 5) is 31.9. The standard InChI is InChI=1S/C20H17BrN2O2S/c1-13-17(11-14-5-3-2-4-6-14)19(25)23-20(22-13)26-12-18(24)15-7-9-16(21)10-8-15/h2-10H,11-12H2,1H3,(H,22,23,25). The summed E-state index contributed by atoms with van der Waals surface area (Å²) >= 11 is 4.59. The van der Waals surface area contributed by atoms with Gasteiger partial charge in [0.1, 0.15) is 0 Å². The minimum atomic E-state index is -0.153. The molecule has 2 aromatic carbocycles. The van der Waals surface area contributed by atoms with Crippen LogP contribution in [0.15, 0.2) is 69.0 Å². The number of rotatable bonds is 6. The van der Waals surface area contributed by atoms with E-state index in [-0.39, 0.29) is 17.1 Å². The third-order valence-corrected chi connectivity index (χ3v) is 5.33. The van der Waals surface area contributed by atoms with Gasteiger partial charge >= 0.3 is 0 Å². The van der Waals surface area contributed by atoms with Crippen molar-refractivity contribution in [2.75, 3.05) is 5.75 Å². The molecule has 0 spiro atoms. The van der Waals surface area contributed by atoms with Gasteiger partial charge in [0.05, 0.1) is 5.75 Å². The molecule has 1 aromatic heterocycles. The maximum atomic E-state index is 12.4. The Bertz CT molecular complexity index is 969. The minimum absolute atomic E-state index is 0.00355. The number of nitrogens with one attached hydrogen (secondary N) is 1. The molecule has 1 N–H and O–H groups in total. The summed E-state index contributed by atoms with van der Waals surface area (Å²) in [5.74, 6) is 0.221. The summed E-state index contributed by atoms with van der Waals surface area (Å²) in [5.41, 5.74) is 2.89.